The normalized spacial score (nSPS) is 10.7. The van der Waals surface area contributed by atoms with Gasteiger partial charge in [-0.3, -0.25) is 14.0 Å². The van der Waals surface area contributed by atoms with Crippen LogP contribution >= 0.6 is 0 Å². The Balaban J connectivity index is 1.73. The number of rotatable bonds is 6. The fourth-order valence-corrected chi connectivity index (χ4v) is 2.73. The summed E-state index contributed by atoms with van der Waals surface area (Å²) in [5.74, 6) is 0.428. The molecule has 0 aliphatic heterocycles. The second-order valence-electron chi connectivity index (χ2n) is 5.96. The van der Waals surface area contributed by atoms with Crippen LogP contribution in [0, 0.1) is 6.92 Å². The van der Waals surface area contributed by atoms with Crippen molar-refractivity contribution in [2.24, 2.45) is 0 Å². The number of hydrogen-bond donors (Lipinski definition) is 0. The molecule has 0 atom stereocenters. The molecule has 3 rings (SSSR count). The monoisotopic (exact) mass is 351 g/mol. The molecule has 0 aliphatic rings. The molecule has 2 heterocycles. The number of benzene rings is 1. The van der Waals surface area contributed by atoms with Crippen molar-refractivity contribution in [2.45, 2.75) is 13.8 Å². The first kappa shape index (κ1) is 17.7. The van der Waals surface area contributed by atoms with Gasteiger partial charge < -0.3 is 9.64 Å². The fourth-order valence-electron chi connectivity index (χ4n) is 2.73. The lowest BCUT2D eigenvalue weighted by Gasteiger charge is -2.20. The van der Waals surface area contributed by atoms with Crippen molar-refractivity contribution in [3.8, 4) is 5.75 Å². The molecule has 0 N–H and O–H groups in total. The predicted molar refractivity (Wildman–Crippen MR) is 99.7 cm³/mol. The van der Waals surface area contributed by atoms with Crippen LogP contribution in [0.4, 0.5) is 0 Å². The molecule has 0 fully saturated rings. The lowest BCUT2D eigenvalue weighted by atomic mass is 10.2. The maximum Gasteiger partial charge on any atom is 0.270 e. The van der Waals surface area contributed by atoms with Gasteiger partial charge in [-0.1, -0.05) is 18.2 Å². The number of aryl methyl sites for hydroxylation is 1. The summed E-state index contributed by atoms with van der Waals surface area (Å²) in [6, 6.07) is 13.0. The van der Waals surface area contributed by atoms with Crippen molar-refractivity contribution >= 4 is 11.6 Å². The van der Waals surface area contributed by atoms with E-state index in [9.17, 15) is 9.59 Å². The Morgan fingerprint density at radius 2 is 2.08 bits per heavy atom. The Kier molecular flexibility index (Phi) is 5.31. The predicted octanol–water partition coefficient (Wildman–Crippen LogP) is 2.54. The Hall–Kier alpha value is -3.15. The molecule has 2 aromatic heterocycles. The van der Waals surface area contributed by atoms with Crippen LogP contribution in [0.15, 0.2) is 59.7 Å². The van der Waals surface area contributed by atoms with Crippen LogP contribution in [0.3, 0.4) is 0 Å². The highest BCUT2D eigenvalue weighted by Gasteiger charge is 2.19. The molecule has 26 heavy (non-hydrogen) atoms. The molecular formula is C20H21N3O3. The molecule has 134 valence electrons. The quantitative estimate of drug-likeness (QED) is 0.685. The molecule has 0 saturated carbocycles. The first-order valence-electron chi connectivity index (χ1n) is 8.55. The van der Waals surface area contributed by atoms with Gasteiger partial charge in [-0.25, -0.2) is 4.98 Å². The average molecular weight is 351 g/mol. The number of hydrogen-bond acceptors (Lipinski definition) is 4. The summed E-state index contributed by atoms with van der Waals surface area (Å²) in [5.41, 5.74) is 1.32. The van der Waals surface area contributed by atoms with Crippen molar-refractivity contribution in [3.63, 3.8) is 0 Å². The number of aromatic nitrogens is 2. The van der Waals surface area contributed by atoms with E-state index in [0.717, 1.165) is 11.3 Å². The van der Waals surface area contributed by atoms with Crippen LogP contribution in [0.1, 0.15) is 22.8 Å². The van der Waals surface area contributed by atoms with Gasteiger partial charge in [0.2, 0.25) is 0 Å². The van der Waals surface area contributed by atoms with E-state index in [4.69, 9.17) is 4.74 Å². The van der Waals surface area contributed by atoms with Crippen LogP contribution in [0.5, 0.6) is 5.75 Å². The van der Waals surface area contributed by atoms with Crippen molar-refractivity contribution in [1.82, 2.24) is 14.3 Å². The largest absolute Gasteiger partial charge is 0.492 e. The van der Waals surface area contributed by atoms with Crippen molar-refractivity contribution in [2.75, 3.05) is 19.7 Å². The van der Waals surface area contributed by atoms with Crippen LogP contribution in [0.25, 0.3) is 5.65 Å². The second kappa shape index (κ2) is 7.82. The number of ether oxygens (including phenoxy) is 1. The van der Waals surface area contributed by atoms with E-state index in [1.807, 2.05) is 38.1 Å². The smallest absolute Gasteiger partial charge is 0.270 e. The highest BCUT2D eigenvalue weighted by molar-refractivity contribution is 5.93. The van der Waals surface area contributed by atoms with Crippen molar-refractivity contribution in [3.05, 3.63) is 76.3 Å². The molecular weight excluding hydrogens is 330 g/mol. The van der Waals surface area contributed by atoms with E-state index in [-0.39, 0.29) is 17.0 Å². The minimum absolute atomic E-state index is 0.0612. The lowest BCUT2D eigenvalue weighted by Crippen LogP contribution is -2.38. The third kappa shape index (κ3) is 3.74. The minimum Gasteiger partial charge on any atom is -0.492 e. The molecule has 1 amide bonds. The summed E-state index contributed by atoms with van der Waals surface area (Å²) >= 11 is 0. The van der Waals surface area contributed by atoms with Crippen LogP contribution in [-0.2, 0) is 0 Å². The van der Waals surface area contributed by atoms with Gasteiger partial charge in [-0.05, 0) is 43.7 Å². The van der Waals surface area contributed by atoms with Crippen LogP contribution in [0.2, 0.25) is 0 Å². The molecule has 0 spiro atoms. The third-order valence-electron chi connectivity index (χ3n) is 4.13. The number of fused-ring (bicyclic) bond motifs is 1. The maximum absolute atomic E-state index is 12.8. The first-order chi connectivity index (χ1) is 12.6. The zero-order chi connectivity index (χ0) is 18.5. The lowest BCUT2D eigenvalue weighted by molar-refractivity contribution is 0.0737. The molecule has 0 saturated heterocycles. The Labute approximate surface area is 151 Å². The van der Waals surface area contributed by atoms with E-state index < -0.39 is 0 Å². The zero-order valence-electron chi connectivity index (χ0n) is 14.9. The summed E-state index contributed by atoms with van der Waals surface area (Å²) in [4.78, 5) is 31.1. The Morgan fingerprint density at radius 3 is 2.85 bits per heavy atom. The standard InChI is InChI=1S/C20H21N3O3/c1-3-22(11-12-26-16-8-6-7-15(2)13-16)19(24)17-14-21-18-9-4-5-10-23(18)20(17)25/h4-10,13-14H,3,11-12H2,1-2H3. The van der Waals surface area contributed by atoms with Gasteiger partial charge in [0.15, 0.2) is 0 Å². The van der Waals surface area contributed by atoms with E-state index in [1.54, 1.807) is 29.3 Å². The van der Waals surface area contributed by atoms with Gasteiger partial charge in [0.05, 0.1) is 6.54 Å². The Morgan fingerprint density at radius 1 is 1.23 bits per heavy atom. The highest BCUT2D eigenvalue weighted by atomic mass is 16.5. The van der Waals surface area contributed by atoms with E-state index in [0.29, 0.717) is 25.3 Å². The number of carbonyl (C=O) groups is 1. The molecule has 0 unspecified atom stereocenters. The molecule has 0 bridgehead atoms. The van der Waals surface area contributed by atoms with E-state index >= 15 is 0 Å². The number of pyridine rings is 1. The van der Waals surface area contributed by atoms with Crippen molar-refractivity contribution in [1.29, 1.82) is 0 Å². The number of carbonyl (C=O) groups excluding carboxylic acids is 1. The molecule has 6 heteroatoms. The van der Waals surface area contributed by atoms with Gasteiger partial charge in [0, 0.05) is 18.9 Å². The van der Waals surface area contributed by atoms with Gasteiger partial charge in [0.1, 0.15) is 23.6 Å². The summed E-state index contributed by atoms with van der Waals surface area (Å²) in [7, 11) is 0. The molecule has 0 aliphatic carbocycles. The topological polar surface area (TPSA) is 63.9 Å². The van der Waals surface area contributed by atoms with Crippen LogP contribution in [-0.4, -0.2) is 39.9 Å². The van der Waals surface area contributed by atoms with Gasteiger partial charge >= 0.3 is 0 Å². The van der Waals surface area contributed by atoms with E-state index in [2.05, 4.69) is 4.98 Å². The van der Waals surface area contributed by atoms with E-state index in [1.165, 1.54) is 10.6 Å². The summed E-state index contributed by atoms with van der Waals surface area (Å²) < 4.78 is 7.09. The number of likely N-dealkylation sites (N-methyl/N-ethyl adjacent to an activating group) is 1. The average Bonchev–Trinajstić information content (AvgIpc) is 2.65. The van der Waals surface area contributed by atoms with Crippen LogP contribution < -0.4 is 10.3 Å². The maximum atomic E-state index is 12.8. The second-order valence-corrected chi connectivity index (χ2v) is 5.96. The van der Waals surface area contributed by atoms with Gasteiger partial charge in [-0.2, -0.15) is 0 Å². The van der Waals surface area contributed by atoms with Gasteiger partial charge in [0.25, 0.3) is 11.5 Å². The number of amides is 1. The third-order valence-corrected chi connectivity index (χ3v) is 4.13. The first-order valence-corrected chi connectivity index (χ1v) is 8.55. The molecule has 1 aromatic carbocycles. The van der Waals surface area contributed by atoms with Crippen molar-refractivity contribution < 1.29 is 9.53 Å². The van der Waals surface area contributed by atoms with Gasteiger partial charge in [-0.15, -0.1) is 0 Å². The SMILES string of the molecule is CCN(CCOc1cccc(C)c1)C(=O)c1cnc2ccccn2c1=O. The summed E-state index contributed by atoms with van der Waals surface area (Å²) in [5, 5.41) is 0. The molecule has 3 aromatic rings. The fraction of sp³-hybridized carbons (Fsp3) is 0.250. The number of nitrogens with zero attached hydrogens (tertiary/aromatic N) is 3. The zero-order valence-corrected chi connectivity index (χ0v) is 14.9. The molecule has 0 radical (unpaired) electrons. The molecule has 6 nitrogen and oxygen atoms in total. The minimum atomic E-state index is -0.362. The summed E-state index contributed by atoms with van der Waals surface area (Å²) in [6.07, 6.45) is 2.96. The summed E-state index contributed by atoms with van der Waals surface area (Å²) in [6.45, 7) is 5.09. The highest BCUT2D eigenvalue weighted by Crippen LogP contribution is 2.12. The Bertz CT molecular complexity index is 981.